The maximum atomic E-state index is 5.47. The van der Waals surface area contributed by atoms with Gasteiger partial charge >= 0.3 is 0 Å². The van der Waals surface area contributed by atoms with Gasteiger partial charge in [-0.1, -0.05) is 121 Å². The molecule has 49 heavy (non-hydrogen) atoms. The molecule has 0 aliphatic carbocycles. The highest BCUT2D eigenvalue weighted by Gasteiger charge is 2.26. The molecule has 7 aromatic carbocycles. The van der Waals surface area contributed by atoms with Crippen LogP contribution in [0.2, 0.25) is 0 Å². The van der Waals surface area contributed by atoms with Crippen molar-refractivity contribution in [3.05, 3.63) is 146 Å². The number of hydrogen-bond acceptors (Lipinski definition) is 3. The predicted molar refractivity (Wildman–Crippen MR) is 207 cm³/mol. The summed E-state index contributed by atoms with van der Waals surface area (Å²) in [5, 5.41) is 12.3. The van der Waals surface area contributed by atoms with E-state index < -0.39 is 0 Å². The molecular formula is C44H24N4S. The maximum Gasteiger partial charge on any atom is 0.236 e. The molecule has 0 aliphatic heterocycles. The fourth-order valence-corrected chi connectivity index (χ4v) is 9.57. The Morgan fingerprint density at radius 3 is 2.04 bits per heavy atom. The molecule has 0 bridgehead atoms. The van der Waals surface area contributed by atoms with Crippen LogP contribution in [0, 0.1) is 0 Å². The van der Waals surface area contributed by atoms with Crippen molar-refractivity contribution in [2.24, 2.45) is 0 Å². The molecule has 12 aromatic rings. The van der Waals surface area contributed by atoms with E-state index in [0.29, 0.717) is 5.95 Å². The van der Waals surface area contributed by atoms with Gasteiger partial charge in [0.1, 0.15) is 4.83 Å². The van der Waals surface area contributed by atoms with Crippen LogP contribution in [0.5, 0.6) is 0 Å². The van der Waals surface area contributed by atoms with E-state index in [4.69, 9.17) is 9.97 Å². The molecule has 0 atom stereocenters. The molecule has 4 nitrogen and oxygen atoms in total. The first-order chi connectivity index (χ1) is 24.3. The van der Waals surface area contributed by atoms with E-state index in [-0.39, 0.29) is 0 Å². The molecule has 0 saturated heterocycles. The summed E-state index contributed by atoms with van der Waals surface area (Å²) in [6.07, 6.45) is 0. The number of para-hydroxylation sites is 2. The second-order valence-electron chi connectivity index (χ2n) is 12.9. The van der Waals surface area contributed by atoms with E-state index in [9.17, 15) is 0 Å². The Balaban J connectivity index is 1.32. The lowest BCUT2D eigenvalue weighted by Crippen LogP contribution is -2.02. The normalized spacial score (nSPS) is 12.5. The van der Waals surface area contributed by atoms with Crippen molar-refractivity contribution in [2.45, 2.75) is 0 Å². The summed E-state index contributed by atoms with van der Waals surface area (Å²) < 4.78 is 6.04. The third-order valence-corrected chi connectivity index (χ3v) is 11.5. The lowest BCUT2D eigenvalue weighted by atomic mass is 10.0. The molecule has 0 fully saturated rings. The lowest BCUT2D eigenvalue weighted by molar-refractivity contribution is 1.02. The summed E-state index contributed by atoms with van der Waals surface area (Å²) in [6.45, 7) is 0. The zero-order chi connectivity index (χ0) is 31.8. The number of thiophene rings is 1. The molecule has 226 valence electrons. The summed E-state index contributed by atoms with van der Waals surface area (Å²) in [4.78, 5) is 11.9. The Hall–Kier alpha value is -6.30. The number of nitrogens with zero attached hydrogens (tertiary/aromatic N) is 4. The minimum absolute atomic E-state index is 0.691. The minimum Gasteiger partial charge on any atom is -0.307 e. The van der Waals surface area contributed by atoms with Gasteiger partial charge in [-0.2, -0.15) is 0 Å². The fourth-order valence-electron chi connectivity index (χ4n) is 8.50. The first-order valence-electron chi connectivity index (χ1n) is 16.6. The van der Waals surface area contributed by atoms with Crippen LogP contribution in [0.25, 0.3) is 108 Å². The third kappa shape index (κ3) is 3.23. The minimum atomic E-state index is 0.691. The number of benzene rings is 7. The molecule has 0 unspecified atom stereocenters. The van der Waals surface area contributed by atoms with Crippen LogP contribution in [-0.2, 0) is 0 Å². The van der Waals surface area contributed by atoms with E-state index in [0.717, 1.165) is 32.5 Å². The van der Waals surface area contributed by atoms with Crippen LogP contribution >= 0.6 is 11.3 Å². The summed E-state index contributed by atoms with van der Waals surface area (Å²) in [6, 6.07) is 52.5. The Kier molecular flexibility index (Phi) is 4.83. The second kappa shape index (κ2) is 9.19. The van der Waals surface area contributed by atoms with E-state index in [2.05, 4.69) is 155 Å². The Labute approximate surface area is 283 Å². The highest BCUT2D eigenvalue weighted by molar-refractivity contribution is 7.25. The van der Waals surface area contributed by atoms with Gasteiger partial charge in [0.15, 0.2) is 0 Å². The van der Waals surface area contributed by atoms with Crippen LogP contribution in [-0.4, -0.2) is 18.9 Å². The SMILES string of the molecule is c1ccc(-c2nc(-n3c4ccccc4c4c5c6ccc7ccccc7c6n6c7ccccc7c(cc43)c56)nc3sc4ccccc4c23)cc1. The van der Waals surface area contributed by atoms with Gasteiger partial charge in [0.25, 0.3) is 0 Å². The summed E-state index contributed by atoms with van der Waals surface area (Å²) in [5.41, 5.74) is 8.03. The van der Waals surface area contributed by atoms with Gasteiger partial charge in [0.2, 0.25) is 5.95 Å². The lowest BCUT2D eigenvalue weighted by Gasteiger charge is -2.10. The molecule has 0 aliphatic rings. The summed E-state index contributed by atoms with van der Waals surface area (Å²) in [7, 11) is 0. The highest BCUT2D eigenvalue weighted by Crippen LogP contribution is 2.48. The number of rotatable bonds is 2. The first kappa shape index (κ1) is 25.7. The van der Waals surface area contributed by atoms with Gasteiger partial charge in [-0.25, -0.2) is 9.97 Å². The van der Waals surface area contributed by atoms with E-state index in [1.807, 2.05) is 0 Å². The molecule has 0 N–H and O–H groups in total. The van der Waals surface area contributed by atoms with E-state index in [1.165, 1.54) is 69.7 Å². The summed E-state index contributed by atoms with van der Waals surface area (Å²) >= 11 is 1.74. The maximum absolute atomic E-state index is 5.47. The van der Waals surface area contributed by atoms with Gasteiger partial charge in [-0.15, -0.1) is 11.3 Å². The zero-order valence-corrected chi connectivity index (χ0v) is 26.9. The Morgan fingerprint density at radius 1 is 0.449 bits per heavy atom. The molecule has 12 rings (SSSR count). The first-order valence-corrected chi connectivity index (χ1v) is 17.4. The van der Waals surface area contributed by atoms with E-state index in [1.54, 1.807) is 11.3 Å². The van der Waals surface area contributed by atoms with Crippen LogP contribution in [0.3, 0.4) is 0 Å². The molecular weight excluding hydrogens is 617 g/mol. The monoisotopic (exact) mass is 640 g/mol. The predicted octanol–water partition coefficient (Wildman–Crippen LogP) is 11.9. The van der Waals surface area contributed by atoms with Crippen molar-refractivity contribution in [3.63, 3.8) is 0 Å². The van der Waals surface area contributed by atoms with Crippen LogP contribution in [0.4, 0.5) is 0 Å². The number of aromatic nitrogens is 4. The molecule has 0 amide bonds. The number of fused-ring (bicyclic) bond motifs is 15. The molecule has 0 radical (unpaired) electrons. The van der Waals surface area contributed by atoms with Gasteiger partial charge in [0.05, 0.1) is 33.3 Å². The quantitative estimate of drug-likeness (QED) is 0.188. The molecule has 0 spiro atoms. The Bertz CT molecular complexity index is 3330. The molecule has 5 heteroatoms. The van der Waals surface area contributed by atoms with Crippen LogP contribution in [0.15, 0.2) is 146 Å². The number of hydrogen-bond donors (Lipinski definition) is 0. The van der Waals surface area contributed by atoms with Crippen LogP contribution < -0.4 is 0 Å². The van der Waals surface area contributed by atoms with Crippen molar-refractivity contribution in [2.75, 3.05) is 0 Å². The smallest absolute Gasteiger partial charge is 0.236 e. The van der Waals surface area contributed by atoms with Crippen molar-refractivity contribution >= 4 is 102 Å². The average molecular weight is 641 g/mol. The van der Waals surface area contributed by atoms with Gasteiger partial charge in [-0.05, 0) is 29.7 Å². The average Bonchev–Trinajstić information content (AvgIpc) is 3.89. The molecule has 5 aromatic heterocycles. The summed E-state index contributed by atoms with van der Waals surface area (Å²) in [5.74, 6) is 0.691. The Morgan fingerprint density at radius 2 is 1.16 bits per heavy atom. The topological polar surface area (TPSA) is 35.1 Å². The van der Waals surface area contributed by atoms with Gasteiger partial charge in [-0.3, -0.25) is 4.57 Å². The van der Waals surface area contributed by atoms with Gasteiger partial charge in [0, 0.05) is 58.7 Å². The third-order valence-electron chi connectivity index (χ3n) is 10.5. The van der Waals surface area contributed by atoms with Crippen molar-refractivity contribution < 1.29 is 0 Å². The largest absolute Gasteiger partial charge is 0.307 e. The molecule has 5 heterocycles. The van der Waals surface area contributed by atoms with Crippen molar-refractivity contribution in [1.82, 2.24) is 18.9 Å². The second-order valence-corrected chi connectivity index (χ2v) is 14.0. The standard InChI is InChI=1S/C44H24N4S/c1-2-13-26(14-3-1)40-39-30-18-8-11-21-36(30)49-43(39)46-44(45-40)47-34-20-10-7-17-29(34)37-35(47)24-32-28-16-6-9-19-33(28)48-41-27-15-5-4-12-25(27)22-23-31(41)38(37)42(32)48/h1-24H. The van der Waals surface area contributed by atoms with Crippen LogP contribution in [0.1, 0.15) is 0 Å². The molecule has 0 saturated carbocycles. The van der Waals surface area contributed by atoms with E-state index >= 15 is 0 Å². The zero-order valence-electron chi connectivity index (χ0n) is 26.1. The fraction of sp³-hybridized carbons (Fsp3) is 0. The van der Waals surface area contributed by atoms with Crippen molar-refractivity contribution in [3.8, 4) is 17.2 Å². The van der Waals surface area contributed by atoms with Gasteiger partial charge < -0.3 is 4.40 Å². The van der Waals surface area contributed by atoms with Crippen molar-refractivity contribution in [1.29, 1.82) is 0 Å². The highest BCUT2D eigenvalue weighted by atomic mass is 32.1.